The van der Waals surface area contributed by atoms with Gasteiger partial charge in [0.2, 0.25) is 5.91 Å². The Morgan fingerprint density at radius 1 is 1.30 bits per heavy atom. The van der Waals surface area contributed by atoms with Gasteiger partial charge >= 0.3 is 6.18 Å². The first-order valence-electron chi connectivity index (χ1n) is 9.42. The summed E-state index contributed by atoms with van der Waals surface area (Å²) < 4.78 is 40.8. The molecule has 1 aliphatic carbocycles. The lowest BCUT2D eigenvalue weighted by Crippen LogP contribution is -2.35. The standard InChI is InChI=1S/C19H19F3N6O2/c1-10(14-6-3-12(7-23-14)19(20,21)22)25-16(29)9-27-18(30)17-11(2)26-28(13-4-5-13)15(17)8-24-27/h3,6-8,10,13H,4-5,9H2,1-2H3,(H,25,29)/t10-/m0/s1. The van der Waals surface area contributed by atoms with Gasteiger partial charge in [0, 0.05) is 6.20 Å². The van der Waals surface area contributed by atoms with Crippen molar-refractivity contribution in [1.29, 1.82) is 0 Å². The lowest BCUT2D eigenvalue weighted by atomic mass is 10.2. The van der Waals surface area contributed by atoms with Crippen LogP contribution in [0, 0.1) is 6.92 Å². The molecule has 30 heavy (non-hydrogen) atoms. The summed E-state index contributed by atoms with van der Waals surface area (Å²) in [5.41, 5.74) is 0.233. The van der Waals surface area contributed by atoms with Crippen LogP contribution in [0.15, 0.2) is 29.3 Å². The van der Waals surface area contributed by atoms with E-state index in [1.165, 1.54) is 12.3 Å². The highest BCUT2D eigenvalue weighted by molar-refractivity contribution is 5.81. The zero-order chi connectivity index (χ0) is 21.6. The SMILES string of the molecule is Cc1nn(C2CC2)c2cnn(CC(=O)N[C@@H](C)c3ccc(C(F)(F)F)cn3)c(=O)c12. The summed E-state index contributed by atoms with van der Waals surface area (Å²) in [5.74, 6) is -0.509. The number of pyridine rings is 1. The fraction of sp³-hybridized carbons (Fsp3) is 0.421. The molecular weight excluding hydrogens is 401 g/mol. The van der Waals surface area contributed by atoms with Gasteiger partial charge in [-0.05, 0) is 38.8 Å². The molecule has 3 heterocycles. The molecule has 1 saturated carbocycles. The number of carbonyl (C=O) groups excluding carboxylic acids is 1. The highest BCUT2D eigenvalue weighted by atomic mass is 19.4. The molecule has 3 aromatic rings. The quantitative estimate of drug-likeness (QED) is 0.685. The van der Waals surface area contributed by atoms with Crippen molar-refractivity contribution in [3.05, 3.63) is 51.8 Å². The maximum atomic E-state index is 12.8. The summed E-state index contributed by atoms with van der Waals surface area (Å²) in [5, 5.41) is 11.6. The Morgan fingerprint density at radius 3 is 2.63 bits per heavy atom. The van der Waals surface area contributed by atoms with Crippen LogP contribution in [0.5, 0.6) is 0 Å². The second kappa shape index (κ2) is 7.22. The Morgan fingerprint density at radius 2 is 2.03 bits per heavy atom. The highest BCUT2D eigenvalue weighted by Crippen LogP contribution is 2.36. The molecule has 8 nitrogen and oxygen atoms in total. The molecule has 0 aromatic carbocycles. The number of hydrogen-bond acceptors (Lipinski definition) is 5. The Kier molecular flexibility index (Phi) is 4.83. The van der Waals surface area contributed by atoms with Gasteiger partial charge in [-0.2, -0.15) is 23.4 Å². The lowest BCUT2D eigenvalue weighted by Gasteiger charge is -2.15. The first-order valence-corrected chi connectivity index (χ1v) is 9.42. The number of aryl methyl sites for hydroxylation is 1. The van der Waals surface area contributed by atoms with Gasteiger partial charge in [0.15, 0.2) is 0 Å². The number of alkyl halides is 3. The van der Waals surface area contributed by atoms with Crippen LogP contribution in [-0.4, -0.2) is 30.5 Å². The van der Waals surface area contributed by atoms with E-state index in [2.05, 4.69) is 20.5 Å². The van der Waals surface area contributed by atoms with Gasteiger partial charge in [-0.25, -0.2) is 4.68 Å². The van der Waals surface area contributed by atoms with Gasteiger partial charge in [-0.15, -0.1) is 0 Å². The summed E-state index contributed by atoms with van der Waals surface area (Å²) in [6, 6.07) is 1.77. The number of nitrogens with one attached hydrogen (secondary N) is 1. The van der Waals surface area contributed by atoms with Crippen LogP contribution in [0.2, 0.25) is 0 Å². The van der Waals surface area contributed by atoms with Gasteiger partial charge < -0.3 is 5.32 Å². The number of fused-ring (bicyclic) bond motifs is 1. The maximum Gasteiger partial charge on any atom is 0.417 e. The summed E-state index contributed by atoms with van der Waals surface area (Å²) >= 11 is 0. The fourth-order valence-corrected chi connectivity index (χ4v) is 3.30. The normalized spacial score (nSPS) is 15.4. The summed E-state index contributed by atoms with van der Waals surface area (Å²) in [7, 11) is 0. The van der Waals surface area contributed by atoms with Crippen molar-refractivity contribution in [2.45, 2.75) is 51.5 Å². The van der Waals surface area contributed by atoms with Crippen LogP contribution in [-0.2, 0) is 17.5 Å². The number of amides is 1. The molecule has 0 spiro atoms. The largest absolute Gasteiger partial charge is 0.417 e. The van der Waals surface area contributed by atoms with Gasteiger partial charge in [-0.3, -0.25) is 19.3 Å². The summed E-state index contributed by atoms with van der Waals surface area (Å²) in [6.07, 6.45) is -0.203. The lowest BCUT2D eigenvalue weighted by molar-refractivity contribution is -0.137. The van der Waals surface area contributed by atoms with E-state index in [9.17, 15) is 22.8 Å². The molecule has 1 atom stereocenters. The van der Waals surface area contributed by atoms with Crippen LogP contribution < -0.4 is 10.9 Å². The predicted octanol–water partition coefficient (Wildman–Crippen LogP) is 2.53. The molecule has 0 unspecified atom stereocenters. The van der Waals surface area contributed by atoms with Crippen molar-refractivity contribution >= 4 is 16.8 Å². The van der Waals surface area contributed by atoms with Crippen molar-refractivity contribution in [3.63, 3.8) is 0 Å². The van der Waals surface area contributed by atoms with E-state index in [0.717, 1.165) is 29.8 Å². The topological polar surface area (TPSA) is 94.7 Å². The zero-order valence-electron chi connectivity index (χ0n) is 16.3. The van der Waals surface area contributed by atoms with E-state index in [0.29, 0.717) is 22.6 Å². The van der Waals surface area contributed by atoms with Gasteiger partial charge in [-0.1, -0.05) is 0 Å². The van der Waals surface area contributed by atoms with Crippen LogP contribution in [0.25, 0.3) is 10.9 Å². The number of aromatic nitrogens is 5. The van der Waals surface area contributed by atoms with Crippen molar-refractivity contribution in [2.24, 2.45) is 0 Å². The van der Waals surface area contributed by atoms with E-state index in [4.69, 9.17) is 0 Å². The fourth-order valence-electron chi connectivity index (χ4n) is 3.30. The minimum atomic E-state index is -4.48. The average molecular weight is 420 g/mol. The second-order valence-corrected chi connectivity index (χ2v) is 7.39. The van der Waals surface area contributed by atoms with E-state index < -0.39 is 29.2 Å². The van der Waals surface area contributed by atoms with Crippen LogP contribution in [0.1, 0.15) is 48.8 Å². The van der Waals surface area contributed by atoms with Crippen molar-refractivity contribution in [1.82, 2.24) is 29.9 Å². The minimum Gasteiger partial charge on any atom is -0.346 e. The minimum absolute atomic E-state index is 0.272. The van der Waals surface area contributed by atoms with Gasteiger partial charge in [0.05, 0.1) is 46.1 Å². The molecule has 0 bridgehead atoms. The Labute approximate surface area is 168 Å². The molecule has 0 aliphatic heterocycles. The third-order valence-corrected chi connectivity index (χ3v) is 5.01. The maximum absolute atomic E-state index is 12.8. The van der Waals surface area contributed by atoms with E-state index in [1.807, 2.05) is 4.68 Å². The number of nitrogens with zero attached hydrogens (tertiary/aromatic N) is 5. The molecule has 1 N–H and O–H groups in total. The monoisotopic (exact) mass is 420 g/mol. The number of carbonyl (C=O) groups is 1. The van der Waals surface area contributed by atoms with E-state index in [-0.39, 0.29) is 12.2 Å². The molecule has 3 aromatic heterocycles. The third kappa shape index (κ3) is 3.79. The van der Waals surface area contributed by atoms with Crippen molar-refractivity contribution in [3.8, 4) is 0 Å². The van der Waals surface area contributed by atoms with Gasteiger partial charge in [0.1, 0.15) is 6.54 Å². The highest BCUT2D eigenvalue weighted by Gasteiger charge is 2.31. The van der Waals surface area contributed by atoms with Gasteiger partial charge in [0.25, 0.3) is 5.56 Å². The molecule has 158 valence electrons. The van der Waals surface area contributed by atoms with Crippen LogP contribution >= 0.6 is 0 Å². The predicted molar refractivity (Wildman–Crippen MR) is 101 cm³/mol. The van der Waals surface area contributed by atoms with Crippen LogP contribution in [0.4, 0.5) is 13.2 Å². The second-order valence-electron chi connectivity index (χ2n) is 7.39. The molecule has 0 saturated heterocycles. The average Bonchev–Trinajstić information content (AvgIpc) is 3.47. The Balaban J connectivity index is 1.48. The number of halogens is 3. The first kappa shape index (κ1) is 20.0. The number of hydrogen-bond donors (Lipinski definition) is 1. The smallest absolute Gasteiger partial charge is 0.346 e. The molecule has 0 radical (unpaired) electrons. The molecular formula is C19H19F3N6O2. The van der Waals surface area contributed by atoms with Crippen molar-refractivity contribution < 1.29 is 18.0 Å². The summed E-state index contributed by atoms with van der Waals surface area (Å²) in [4.78, 5) is 28.9. The Bertz CT molecular complexity index is 1160. The third-order valence-electron chi connectivity index (χ3n) is 5.01. The number of rotatable bonds is 5. The molecule has 1 aliphatic rings. The van der Waals surface area contributed by atoms with E-state index in [1.54, 1.807) is 13.8 Å². The Hall–Kier alpha value is -3.24. The van der Waals surface area contributed by atoms with E-state index >= 15 is 0 Å². The molecule has 4 rings (SSSR count). The molecule has 1 fully saturated rings. The van der Waals surface area contributed by atoms with Crippen molar-refractivity contribution in [2.75, 3.05) is 0 Å². The zero-order valence-corrected chi connectivity index (χ0v) is 16.3. The first-order chi connectivity index (χ1) is 14.1. The molecule has 1 amide bonds. The summed E-state index contributed by atoms with van der Waals surface area (Å²) in [6.45, 7) is 3.01. The van der Waals surface area contributed by atoms with Crippen LogP contribution in [0.3, 0.4) is 0 Å². The molecule has 11 heteroatoms.